The smallest absolute Gasteiger partial charge is 0.253 e. The van der Waals surface area contributed by atoms with Crippen LogP contribution in [0.4, 0.5) is 0 Å². The van der Waals surface area contributed by atoms with Gasteiger partial charge in [-0.05, 0) is 50.9 Å². The van der Waals surface area contributed by atoms with E-state index in [1.807, 2.05) is 66.4 Å². The predicted molar refractivity (Wildman–Crippen MR) is 125 cm³/mol. The third-order valence-electron chi connectivity index (χ3n) is 6.32. The van der Waals surface area contributed by atoms with Gasteiger partial charge in [0, 0.05) is 46.9 Å². The van der Waals surface area contributed by atoms with Crippen LogP contribution in [0.15, 0.2) is 54.6 Å². The van der Waals surface area contributed by atoms with Gasteiger partial charge < -0.3 is 9.88 Å². The van der Waals surface area contributed by atoms with Crippen LogP contribution in [0.2, 0.25) is 0 Å². The number of aromatic nitrogens is 1. The topological polar surface area (TPSA) is 56.4 Å². The van der Waals surface area contributed by atoms with E-state index < -0.39 is 0 Å². The minimum Gasteiger partial charge on any atom is -0.358 e. The van der Waals surface area contributed by atoms with Gasteiger partial charge in [-0.15, -0.1) is 0 Å². The number of nitrogens with zero attached hydrogens (tertiary/aromatic N) is 2. The molecule has 1 fully saturated rings. The van der Waals surface area contributed by atoms with Gasteiger partial charge in [0.05, 0.1) is 6.54 Å². The SMILES string of the molecule is CCCN(CC(=O)c1c(C)[nH]c2ccccc12)C1CCN(C(=O)c2ccccc2)CC1. The maximum Gasteiger partial charge on any atom is 0.253 e. The highest BCUT2D eigenvalue weighted by Gasteiger charge is 2.29. The summed E-state index contributed by atoms with van der Waals surface area (Å²) in [4.78, 5) is 33.7. The van der Waals surface area contributed by atoms with Crippen LogP contribution < -0.4 is 0 Å². The largest absolute Gasteiger partial charge is 0.358 e. The van der Waals surface area contributed by atoms with Gasteiger partial charge in [0.15, 0.2) is 5.78 Å². The molecule has 0 bridgehead atoms. The van der Waals surface area contributed by atoms with Gasteiger partial charge in [-0.3, -0.25) is 14.5 Å². The Morgan fingerprint density at radius 2 is 1.71 bits per heavy atom. The molecule has 5 heteroatoms. The number of aromatic amines is 1. The number of nitrogens with one attached hydrogen (secondary N) is 1. The number of piperidine rings is 1. The Kier molecular flexibility index (Phi) is 6.52. The van der Waals surface area contributed by atoms with Crippen molar-refractivity contribution in [1.29, 1.82) is 0 Å². The number of H-pyrrole nitrogens is 1. The molecule has 0 atom stereocenters. The van der Waals surface area contributed by atoms with Crippen molar-refractivity contribution in [3.05, 3.63) is 71.4 Å². The molecule has 0 radical (unpaired) electrons. The molecule has 3 aromatic rings. The molecule has 1 aliphatic heterocycles. The Morgan fingerprint density at radius 3 is 2.42 bits per heavy atom. The molecule has 162 valence electrons. The molecule has 2 aromatic carbocycles. The van der Waals surface area contributed by atoms with E-state index in [4.69, 9.17) is 0 Å². The fraction of sp³-hybridized carbons (Fsp3) is 0.385. The fourth-order valence-electron chi connectivity index (χ4n) is 4.77. The molecule has 0 spiro atoms. The molecular weight excluding hydrogens is 386 g/mol. The Morgan fingerprint density at radius 1 is 1.03 bits per heavy atom. The van der Waals surface area contributed by atoms with Crippen molar-refractivity contribution in [1.82, 2.24) is 14.8 Å². The third-order valence-corrected chi connectivity index (χ3v) is 6.32. The third kappa shape index (κ3) is 4.57. The number of amides is 1. The number of para-hydroxylation sites is 1. The maximum absolute atomic E-state index is 13.3. The molecule has 31 heavy (non-hydrogen) atoms. The van der Waals surface area contributed by atoms with E-state index >= 15 is 0 Å². The number of carbonyl (C=O) groups excluding carboxylic acids is 2. The molecule has 1 aromatic heterocycles. The summed E-state index contributed by atoms with van der Waals surface area (Å²) in [7, 11) is 0. The maximum atomic E-state index is 13.3. The van der Waals surface area contributed by atoms with E-state index in [-0.39, 0.29) is 11.7 Å². The monoisotopic (exact) mass is 417 g/mol. The zero-order chi connectivity index (χ0) is 21.8. The second-order valence-electron chi connectivity index (χ2n) is 8.45. The molecule has 0 saturated carbocycles. The number of fused-ring (bicyclic) bond motifs is 1. The Balaban J connectivity index is 1.43. The zero-order valence-corrected chi connectivity index (χ0v) is 18.4. The minimum atomic E-state index is 0.103. The molecule has 1 aliphatic rings. The molecule has 0 unspecified atom stereocenters. The van der Waals surface area contributed by atoms with Crippen molar-refractivity contribution in [2.24, 2.45) is 0 Å². The van der Waals surface area contributed by atoms with Crippen molar-refractivity contribution in [2.75, 3.05) is 26.2 Å². The lowest BCUT2D eigenvalue weighted by atomic mass is 10.00. The van der Waals surface area contributed by atoms with E-state index in [2.05, 4.69) is 16.8 Å². The normalized spacial score (nSPS) is 15.0. The van der Waals surface area contributed by atoms with E-state index in [9.17, 15) is 9.59 Å². The van der Waals surface area contributed by atoms with Crippen LogP contribution in [-0.2, 0) is 0 Å². The number of rotatable bonds is 7. The molecule has 2 heterocycles. The lowest BCUT2D eigenvalue weighted by Gasteiger charge is -2.38. The van der Waals surface area contributed by atoms with Crippen LogP contribution in [0, 0.1) is 6.92 Å². The first-order valence-corrected chi connectivity index (χ1v) is 11.3. The van der Waals surface area contributed by atoms with Crippen molar-refractivity contribution in [3.63, 3.8) is 0 Å². The van der Waals surface area contributed by atoms with Crippen LogP contribution in [0.3, 0.4) is 0 Å². The van der Waals surface area contributed by atoms with Gasteiger partial charge >= 0.3 is 0 Å². The van der Waals surface area contributed by atoms with Gasteiger partial charge in [0.1, 0.15) is 0 Å². The first kappa shape index (κ1) is 21.3. The first-order valence-electron chi connectivity index (χ1n) is 11.3. The average molecular weight is 418 g/mol. The molecule has 1 amide bonds. The fourth-order valence-corrected chi connectivity index (χ4v) is 4.77. The van der Waals surface area contributed by atoms with Crippen molar-refractivity contribution < 1.29 is 9.59 Å². The number of Topliss-reactive ketones (excluding diaryl/α,β-unsaturated/α-hetero) is 1. The molecule has 1 saturated heterocycles. The molecular formula is C26H31N3O2. The summed E-state index contributed by atoms with van der Waals surface area (Å²) >= 11 is 0. The van der Waals surface area contributed by atoms with Gasteiger partial charge in [-0.2, -0.15) is 0 Å². The number of carbonyl (C=O) groups is 2. The van der Waals surface area contributed by atoms with E-state index in [0.29, 0.717) is 12.6 Å². The lowest BCUT2D eigenvalue weighted by Crippen LogP contribution is -2.48. The highest BCUT2D eigenvalue weighted by molar-refractivity contribution is 6.10. The molecule has 4 rings (SSSR count). The minimum absolute atomic E-state index is 0.103. The van der Waals surface area contributed by atoms with Crippen LogP contribution in [0.1, 0.15) is 52.6 Å². The van der Waals surface area contributed by atoms with Crippen molar-refractivity contribution in [2.45, 2.75) is 39.2 Å². The van der Waals surface area contributed by atoms with E-state index in [0.717, 1.165) is 66.6 Å². The quantitative estimate of drug-likeness (QED) is 0.568. The summed E-state index contributed by atoms with van der Waals surface area (Å²) in [6.07, 6.45) is 2.81. The highest BCUT2D eigenvalue weighted by Crippen LogP contribution is 2.24. The summed E-state index contributed by atoms with van der Waals surface area (Å²) in [6.45, 7) is 6.92. The summed E-state index contributed by atoms with van der Waals surface area (Å²) in [6, 6.07) is 17.8. The molecule has 0 aliphatic carbocycles. The number of hydrogen-bond donors (Lipinski definition) is 1. The van der Waals surface area contributed by atoms with Crippen molar-refractivity contribution in [3.8, 4) is 0 Å². The van der Waals surface area contributed by atoms with Crippen LogP contribution >= 0.6 is 0 Å². The van der Waals surface area contributed by atoms with E-state index in [1.54, 1.807) is 0 Å². The zero-order valence-electron chi connectivity index (χ0n) is 18.4. The first-order chi connectivity index (χ1) is 15.1. The Bertz CT molecular complexity index is 1050. The Hall–Kier alpha value is -2.92. The standard InChI is InChI=1S/C26H31N3O2/c1-3-15-29(18-24(30)25-19(2)27-23-12-8-7-11-22(23)25)21-13-16-28(17-14-21)26(31)20-9-5-4-6-10-20/h4-12,21,27H,3,13-18H2,1-2H3. The number of hydrogen-bond acceptors (Lipinski definition) is 3. The van der Waals surface area contributed by atoms with Crippen LogP contribution in [0.25, 0.3) is 10.9 Å². The summed E-state index contributed by atoms with van der Waals surface area (Å²) in [5.74, 6) is 0.276. The average Bonchev–Trinajstić information content (AvgIpc) is 3.14. The van der Waals surface area contributed by atoms with Gasteiger partial charge in [0.2, 0.25) is 0 Å². The van der Waals surface area contributed by atoms with Crippen LogP contribution in [-0.4, -0.2) is 58.7 Å². The van der Waals surface area contributed by atoms with E-state index in [1.165, 1.54) is 0 Å². The second kappa shape index (κ2) is 9.48. The van der Waals surface area contributed by atoms with Crippen molar-refractivity contribution >= 4 is 22.6 Å². The number of likely N-dealkylation sites (tertiary alicyclic amines) is 1. The summed E-state index contributed by atoms with van der Waals surface area (Å²) in [5, 5.41) is 1.00. The number of ketones is 1. The van der Waals surface area contributed by atoms with Gasteiger partial charge in [-0.25, -0.2) is 0 Å². The second-order valence-corrected chi connectivity index (χ2v) is 8.45. The number of aryl methyl sites for hydroxylation is 1. The molecule has 5 nitrogen and oxygen atoms in total. The predicted octanol–water partition coefficient (Wildman–Crippen LogP) is 4.68. The lowest BCUT2D eigenvalue weighted by molar-refractivity contribution is 0.0596. The molecule has 1 N–H and O–H groups in total. The van der Waals surface area contributed by atoms with Crippen LogP contribution in [0.5, 0.6) is 0 Å². The highest BCUT2D eigenvalue weighted by atomic mass is 16.2. The summed E-state index contributed by atoms with van der Waals surface area (Å²) < 4.78 is 0. The van der Waals surface area contributed by atoms with Gasteiger partial charge in [-0.1, -0.05) is 43.3 Å². The Labute approximate surface area is 184 Å². The summed E-state index contributed by atoms with van der Waals surface area (Å²) in [5.41, 5.74) is 3.51. The number of benzene rings is 2. The van der Waals surface area contributed by atoms with Gasteiger partial charge in [0.25, 0.3) is 5.91 Å².